The Hall–Kier alpha value is -0.890. The molecule has 78 valence electrons. The van der Waals surface area contributed by atoms with Crippen molar-refractivity contribution < 1.29 is 0 Å². The first-order valence-electron chi connectivity index (χ1n) is 4.87. The minimum atomic E-state index is 0.809. The summed E-state index contributed by atoms with van der Waals surface area (Å²) in [6, 6.07) is 5.86. The summed E-state index contributed by atoms with van der Waals surface area (Å²) in [7, 11) is 0. The van der Waals surface area contributed by atoms with Crippen LogP contribution in [0.3, 0.4) is 0 Å². The van der Waals surface area contributed by atoms with E-state index < -0.39 is 0 Å². The zero-order valence-electron chi connectivity index (χ0n) is 9.33. The molecule has 1 rings (SSSR count). The highest BCUT2D eigenvalue weighted by Gasteiger charge is 1.90. The van der Waals surface area contributed by atoms with Gasteiger partial charge < -0.3 is 5.73 Å². The lowest BCUT2D eigenvalue weighted by Crippen LogP contribution is -2.27. The fourth-order valence-corrected chi connectivity index (χ4v) is 1.42. The van der Waals surface area contributed by atoms with E-state index in [1.165, 1.54) is 0 Å². The molecule has 0 bridgehead atoms. The smallest absolute Gasteiger partial charge is 0.0390 e. The maximum absolute atomic E-state index is 5.79. The summed E-state index contributed by atoms with van der Waals surface area (Å²) in [5.74, 6) is 0. The summed E-state index contributed by atoms with van der Waals surface area (Å²) in [4.78, 5) is 0.996. The highest BCUT2D eigenvalue weighted by atomic mass is 32.1. The first-order chi connectivity index (χ1) is 6.66. The van der Waals surface area contributed by atoms with Crippen molar-refractivity contribution in [3.63, 3.8) is 0 Å². The average Bonchev–Trinajstić information content (AvgIpc) is 2.20. The van der Waals surface area contributed by atoms with E-state index in [0.717, 1.165) is 21.0 Å². The Morgan fingerprint density at radius 1 is 1.36 bits per heavy atom. The van der Waals surface area contributed by atoms with Gasteiger partial charge in [-0.15, -0.1) is 12.6 Å². The molecule has 0 heterocycles. The van der Waals surface area contributed by atoms with Crippen molar-refractivity contribution in [2.24, 2.45) is 0 Å². The SMILES string of the molecule is C/C=c1/c(N)ccc/c1=C(/C)S.CC. The molecule has 0 atom stereocenters. The van der Waals surface area contributed by atoms with Gasteiger partial charge in [0.2, 0.25) is 0 Å². The topological polar surface area (TPSA) is 26.0 Å². The van der Waals surface area contributed by atoms with Gasteiger partial charge in [-0.05, 0) is 30.0 Å². The van der Waals surface area contributed by atoms with Crippen LogP contribution >= 0.6 is 12.6 Å². The Kier molecular flexibility index (Phi) is 6.13. The van der Waals surface area contributed by atoms with Crippen LogP contribution in [0.2, 0.25) is 0 Å². The van der Waals surface area contributed by atoms with Gasteiger partial charge in [-0.25, -0.2) is 0 Å². The molecule has 0 spiro atoms. The van der Waals surface area contributed by atoms with E-state index in [1.807, 2.05) is 52.0 Å². The largest absolute Gasteiger partial charge is 0.398 e. The van der Waals surface area contributed by atoms with Gasteiger partial charge in [-0.3, -0.25) is 0 Å². The van der Waals surface area contributed by atoms with Crippen molar-refractivity contribution in [3.8, 4) is 0 Å². The maximum atomic E-state index is 5.79. The van der Waals surface area contributed by atoms with E-state index in [-0.39, 0.29) is 0 Å². The van der Waals surface area contributed by atoms with Crippen molar-refractivity contribution in [2.75, 3.05) is 5.73 Å². The molecule has 0 fully saturated rings. The van der Waals surface area contributed by atoms with E-state index in [0.29, 0.717) is 0 Å². The minimum absolute atomic E-state index is 0.809. The molecule has 0 aliphatic carbocycles. The standard InChI is InChI=1S/C10H13NS.C2H6/c1-3-8-9(7(2)12)5-4-6-10(8)11;1-2/h3-6,12H,11H2,1-2H3;1-2H3/b8-3+,9-7+;. The average molecular weight is 209 g/mol. The molecule has 1 nitrogen and oxygen atoms in total. The van der Waals surface area contributed by atoms with E-state index in [9.17, 15) is 0 Å². The van der Waals surface area contributed by atoms with Crippen LogP contribution in [0.25, 0.3) is 11.0 Å². The van der Waals surface area contributed by atoms with Crippen molar-refractivity contribution in [1.82, 2.24) is 0 Å². The molecule has 2 N–H and O–H groups in total. The van der Waals surface area contributed by atoms with Crippen LogP contribution in [-0.2, 0) is 0 Å². The van der Waals surface area contributed by atoms with Gasteiger partial charge in [0.25, 0.3) is 0 Å². The molecule has 1 aromatic carbocycles. The Morgan fingerprint density at radius 2 is 1.93 bits per heavy atom. The van der Waals surface area contributed by atoms with Gasteiger partial charge >= 0.3 is 0 Å². The molecule has 0 saturated carbocycles. The molecular formula is C12H19NS. The molecule has 0 aliphatic heterocycles. The predicted octanol–water partition coefficient (Wildman–Crippen LogP) is 2.15. The zero-order valence-corrected chi connectivity index (χ0v) is 10.2. The number of anilines is 1. The number of nitrogen functional groups attached to an aromatic ring is 1. The minimum Gasteiger partial charge on any atom is -0.398 e. The predicted molar refractivity (Wildman–Crippen MR) is 69.7 cm³/mol. The third-order valence-corrected chi connectivity index (χ3v) is 2.06. The molecule has 0 unspecified atom stereocenters. The highest BCUT2D eigenvalue weighted by Crippen LogP contribution is 1.95. The highest BCUT2D eigenvalue weighted by molar-refractivity contribution is 7.90. The van der Waals surface area contributed by atoms with Crippen LogP contribution in [0, 0.1) is 0 Å². The number of thiol groups is 1. The zero-order chi connectivity index (χ0) is 11.1. The number of hydrogen-bond acceptors (Lipinski definition) is 2. The quantitative estimate of drug-likeness (QED) is 0.497. The second-order valence-corrected chi connectivity index (χ2v) is 3.35. The van der Waals surface area contributed by atoms with E-state index in [1.54, 1.807) is 0 Å². The number of benzene rings is 1. The van der Waals surface area contributed by atoms with Crippen molar-refractivity contribution >= 4 is 29.3 Å². The molecule has 0 aliphatic rings. The molecule has 0 saturated heterocycles. The van der Waals surface area contributed by atoms with E-state index in [2.05, 4.69) is 12.6 Å². The lowest BCUT2D eigenvalue weighted by Gasteiger charge is -1.96. The summed E-state index contributed by atoms with van der Waals surface area (Å²) in [5.41, 5.74) is 6.60. The van der Waals surface area contributed by atoms with Crippen molar-refractivity contribution in [3.05, 3.63) is 28.6 Å². The Balaban J connectivity index is 0.000000791. The number of rotatable bonds is 0. The second-order valence-electron chi connectivity index (χ2n) is 2.68. The summed E-state index contributed by atoms with van der Waals surface area (Å²) < 4.78 is 0. The summed E-state index contributed by atoms with van der Waals surface area (Å²) in [6.07, 6.45) is 2.00. The Bertz CT molecular complexity index is 389. The van der Waals surface area contributed by atoms with Crippen LogP contribution in [-0.4, -0.2) is 0 Å². The van der Waals surface area contributed by atoms with Gasteiger partial charge in [0.1, 0.15) is 0 Å². The number of nitrogens with two attached hydrogens (primary N) is 1. The first kappa shape index (κ1) is 13.1. The molecule has 0 amide bonds. The van der Waals surface area contributed by atoms with Crippen LogP contribution in [0.15, 0.2) is 18.2 Å². The summed E-state index contributed by atoms with van der Waals surface area (Å²) in [6.45, 7) is 7.94. The lowest BCUT2D eigenvalue weighted by atomic mass is 10.2. The molecule has 2 heteroatoms. The summed E-state index contributed by atoms with van der Waals surface area (Å²) in [5, 5.41) is 2.19. The van der Waals surface area contributed by atoms with Crippen LogP contribution in [0.1, 0.15) is 27.7 Å². The molecule has 14 heavy (non-hydrogen) atoms. The van der Waals surface area contributed by atoms with E-state index in [4.69, 9.17) is 5.73 Å². The molecule has 0 aromatic heterocycles. The van der Waals surface area contributed by atoms with E-state index >= 15 is 0 Å². The maximum Gasteiger partial charge on any atom is 0.0390 e. The van der Waals surface area contributed by atoms with Gasteiger partial charge in [0.15, 0.2) is 0 Å². The van der Waals surface area contributed by atoms with Crippen molar-refractivity contribution in [2.45, 2.75) is 27.7 Å². The molecular weight excluding hydrogens is 190 g/mol. The number of hydrogen-bond donors (Lipinski definition) is 2. The fourth-order valence-electron chi connectivity index (χ4n) is 1.22. The van der Waals surface area contributed by atoms with Gasteiger partial charge in [0.05, 0.1) is 0 Å². The second kappa shape index (κ2) is 6.55. The van der Waals surface area contributed by atoms with Gasteiger partial charge in [-0.2, -0.15) is 0 Å². The van der Waals surface area contributed by atoms with Crippen LogP contribution < -0.4 is 16.2 Å². The lowest BCUT2D eigenvalue weighted by molar-refractivity contribution is 1.49. The van der Waals surface area contributed by atoms with Crippen LogP contribution in [0.5, 0.6) is 0 Å². The Labute approximate surface area is 91.7 Å². The fraction of sp³-hybridized carbons (Fsp3) is 0.333. The first-order valence-corrected chi connectivity index (χ1v) is 5.32. The third-order valence-electron chi connectivity index (χ3n) is 1.82. The van der Waals surface area contributed by atoms with Crippen molar-refractivity contribution in [1.29, 1.82) is 0 Å². The third kappa shape index (κ3) is 3.11. The normalized spacial score (nSPS) is 13.1. The van der Waals surface area contributed by atoms with Gasteiger partial charge in [-0.1, -0.05) is 32.1 Å². The van der Waals surface area contributed by atoms with Crippen LogP contribution in [0.4, 0.5) is 5.69 Å². The summed E-state index contributed by atoms with van der Waals surface area (Å²) >= 11 is 4.30. The monoisotopic (exact) mass is 209 g/mol. The molecule has 1 aromatic rings. The Morgan fingerprint density at radius 3 is 2.29 bits per heavy atom. The molecule has 0 radical (unpaired) electrons. The van der Waals surface area contributed by atoms with Gasteiger partial charge in [0, 0.05) is 10.9 Å².